The molecule has 2 rings (SSSR count). The van der Waals surface area contributed by atoms with Crippen LogP contribution in [0.2, 0.25) is 0 Å². The molecule has 0 spiro atoms. The summed E-state index contributed by atoms with van der Waals surface area (Å²) in [5.41, 5.74) is 0.492. The largest absolute Gasteiger partial charge is 0.493 e. The minimum absolute atomic E-state index is 0.373. The Morgan fingerprint density at radius 1 is 1.00 bits per heavy atom. The van der Waals surface area contributed by atoms with Gasteiger partial charge in [0.1, 0.15) is 5.75 Å². The van der Waals surface area contributed by atoms with Gasteiger partial charge in [0, 0.05) is 11.4 Å². The van der Waals surface area contributed by atoms with Crippen LogP contribution in [-0.2, 0) is 0 Å². The van der Waals surface area contributed by atoms with Gasteiger partial charge in [-0.25, -0.2) is 4.79 Å². The molecule has 0 unspecified atom stereocenters. The van der Waals surface area contributed by atoms with E-state index in [0.29, 0.717) is 29.4 Å². The van der Waals surface area contributed by atoms with Crippen LogP contribution in [0.4, 0.5) is 0 Å². The summed E-state index contributed by atoms with van der Waals surface area (Å²) < 4.78 is 16.4. The molecule has 128 valence electrons. The van der Waals surface area contributed by atoms with Gasteiger partial charge in [0.2, 0.25) is 0 Å². The molecular weight excluding hydrogens is 372 g/mol. The van der Waals surface area contributed by atoms with E-state index in [9.17, 15) is 4.79 Å². The molecule has 0 atom stereocenters. The minimum atomic E-state index is -0.419. The lowest BCUT2D eigenvalue weighted by atomic mass is 10.2. The number of halogens is 1. The zero-order chi connectivity index (χ0) is 17.2. The minimum Gasteiger partial charge on any atom is -0.493 e. The van der Waals surface area contributed by atoms with E-state index in [1.807, 2.05) is 6.07 Å². The first-order valence-corrected chi connectivity index (χ1v) is 9.00. The van der Waals surface area contributed by atoms with Crippen LogP contribution >= 0.6 is 15.9 Å². The van der Waals surface area contributed by atoms with Crippen molar-refractivity contribution in [2.24, 2.45) is 0 Å². The fraction of sp³-hybridized carbons (Fsp3) is 0.316. The molecule has 0 saturated carbocycles. The van der Waals surface area contributed by atoms with Gasteiger partial charge in [-0.1, -0.05) is 34.1 Å². The predicted octanol–water partition coefficient (Wildman–Crippen LogP) is 4.86. The summed E-state index contributed by atoms with van der Waals surface area (Å²) in [4.78, 5) is 12.1. The number of rotatable bonds is 9. The van der Waals surface area contributed by atoms with E-state index in [1.54, 1.807) is 42.5 Å². The highest BCUT2D eigenvalue weighted by Crippen LogP contribution is 2.32. The first kappa shape index (κ1) is 18.3. The third-order valence-corrected chi connectivity index (χ3v) is 3.95. The summed E-state index contributed by atoms with van der Waals surface area (Å²) in [5, 5.41) is 1.02. The average Bonchev–Trinajstić information content (AvgIpc) is 2.63. The Morgan fingerprint density at radius 3 is 2.50 bits per heavy atom. The van der Waals surface area contributed by atoms with Crippen LogP contribution in [0.25, 0.3) is 0 Å². The number of unbranched alkanes of at least 4 members (excludes halogenated alkanes) is 2. The smallest absolute Gasteiger partial charge is 0.343 e. The van der Waals surface area contributed by atoms with Crippen LogP contribution in [0.15, 0.2) is 48.5 Å². The van der Waals surface area contributed by atoms with Crippen LogP contribution in [0.5, 0.6) is 17.2 Å². The van der Waals surface area contributed by atoms with E-state index >= 15 is 0 Å². The highest BCUT2D eigenvalue weighted by Gasteiger charge is 2.13. The normalized spacial score (nSPS) is 10.2. The predicted molar refractivity (Wildman–Crippen MR) is 97.5 cm³/mol. The van der Waals surface area contributed by atoms with Crippen LogP contribution in [-0.4, -0.2) is 25.0 Å². The molecule has 0 aliphatic rings. The van der Waals surface area contributed by atoms with E-state index in [2.05, 4.69) is 15.9 Å². The lowest BCUT2D eigenvalue weighted by Gasteiger charge is -2.12. The molecule has 0 aromatic heterocycles. The lowest BCUT2D eigenvalue weighted by molar-refractivity contribution is 0.0729. The molecule has 0 N–H and O–H groups in total. The third kappa shape index (κ3) is 5.57. The Balaban J connectivity index is 1.97. The Bertz CT molecular complexity index is 643. The maximum Gasteiger partial charge on any atom is 0.343 e. The first-order chi connectivity index (χ1) is 11.7. The SMILES string of the molecule is COc1cc(OCCCCCBr)ccc1OC(=O)c1ccccc1. The van der Waals surface area contributed by atoms with Gasteiger partial charge in [0.05, 0.1) is 19.3 Å². The molecular formula is C19H21BrO4. The van der Waals surface area contributed by atoms with Gasteiger partial charge in [-0.15, -0.1) is 0 Å². The van der Waals surface area contributed by atoms with Crippen LogP contribution in [0.1, 0.15) is 29.6 Å². The van der Waals surface area contributed by atoms with Crippen molar-refractivity contribution in [2.45, 2.75) is 19.3 Å². The number of carbonyl (C=O) groups excluding carboxylic acids is 1. The summed E-state index contributed by atoms with van der Waals surface area (Å²) in [6, 6.07) is 14.0. The zero-order valence-corrected chi connectivity index (χ0v) is 15.3. The summed E-state index contributed by atoms with van der Waals surface area (Å²) in [6.07, 6.45) is 3.26. The summed E-state index contributed by atoms with van der Waals surface area (Å²) in [5.74, 6) is 1.12. The number of esters is 1. The quantitative estimate of drug-likeness (QED) is 0.264. The van der Waals surface area contributed by atoms with Crippen molar-refractivity contribution in [1.82, 2.24) is 0 Å². The van der Waals surface area contributed by atoms with E-state index in [4.69, 9.17) is 14.2 Å². The zero-order valence-electron chi connectivity index (χ0n) is 13.7. The number of hydrogen-bond donors (Lipinski definition) is 0. The van der Waals surface area contributed by atoms with Crippen molar-refractivity contribution >= 4 is 21.9 Å². The van der Waals surface area contributed by atoms with Gasteiger partial charge in [-0.2, -0.15) is 0 Å². The van der Waals surface area contributed by atoms with Gasteiger partial charge in [0.25, 0.3) is 0 Å². The molecule has 0 radical (unpaired) electrons. The number of hydrogen-bond acceptors (Lipinski definition) is 4. The van der Waals surface area contributed by atoms with Crippen LogP contribution in [0.3, 0.4) is 0 Å². The summed E-state index contributed by atoms with van der Waals surface area (Å²) in [7, 11) is 1.54. The fourth-order valence-corrected chi connectivity index (χ4v) is 2.51. The van der Waals surface area contributed by atoms with Crippen molar-refractivity contribution in [2.75, 3.05) is 19.0 Å². The van der Waals surface area contributed by atoms with E-state index < -0.39 is 5.97 Å². The highest BCUT2D eigenvalue weighted by molar-refractivity contribution is 9.09. The molecule has 0 fully saturated rings. The summed E-state index contributed by atoms with van der Waals surface area (Å²) >= 11 is 3.41. The highest BCUT2D eigenvalue weighted by atomic mass is 79.9. The molecule has 0 heterocycles. The van der Waals surface area contributed by atoms with Crippen molar-refractivity contribution < 1.29 is 19.0 Å². The fourth-order valence-electron chi connectivity index (χ4n) is 2.12. The number of carbonyl (C=O) groups is 1. The number of alkyl halides is 1. The van der Waals surface area contributed by atoms with Crippen LogP contribution in [0, 0.1) is 0 Å². The molecule has 4 nitrogen and oxygen atoms in total. The molecule has 2 aromatic rings. The molecule has 0 aliphatic heterocycles. The molecule has 0 saturated heterocycles. The van der Waals surface area contributed by atoms with Gasteiger partial charge in [-0.3, -0.25) is 0 Å². The second kappa shape index (κ2) is 9.98. The van der Waals surface area contributed by atoms with E-state index in [1.165, 1.54) is 7.11 Å². The van der Waals surface area contributed by atoms with Crippen molar-refractivity contribution in [3.05, 3.63) is 54.1 Å². The van der Waals surface area contributed by atoms with Gasteiger partial charge >= 0.3 is 5.97 Å². The third-order valence-electron chi connectivity index (χ3n) is 3.39. The average molecular weight is 393 g/mol. The summed E-state index contributed by atoms with van der Waals surface area (Å²) in [6.45, 7) is 0.652. The Hall–Kier alpha value is -2.01. The van der Waals surface area contributed by atoms with E-state index in [-0.39, 0.29) is 0 Å². The lowest BCUT2D eigenvalue weighted by Crippen LogP contribution is -2.09. The molecule has 0 amide bonds. The monoisotopic (exact) mass is 392 g/mol. The topological polar surface area (TPSA) is 44.8 Å². The standard InChI is InChI=1S/C19H21BrO4/c1-22-18-14-16(23-13-7-3-6-12-20)10-11-17(18)24-19(21)15-8-4-2-5-9-15/h2,4-5,8-11,14H,3,6-7,12-13H2,1H3. The van der Waals surface area contributed by atoms with Gasteiger partial charge in [0.15, 0.2) is 11.5 Å². The number of benzene rings is 2. The second-order valence-corrected chi connectivity index (χ2v) is 5.96. The Kier molecular flexibility index (Phi) is 7.62. The van der Waals surface area contributed by atoms with Crippen molar-refractivity contribution in [3.63, 3.8) is 0 Å². The number of methoxy groups -OCH3 is 1. The maximum absolute atomic E-state index is 12.1. The van der Waals surface area contributed by atoms with Crippen molar-refractivity contribution in [1.29, 1.82) is 0 Å². The first-order valence-electron chi connectivity index (χ1n) is 7.88. The Labute approximate surface area is 150 Å². The second-order valence-electron chi connectivity index (χ2n) is 5.17. The van der Waals surface area contributed by atoms with E-state index in [0.717, 1.165) is 24.6 Å². The molecule has 0 bridgehead atoms. The molecule has 0 aliphatic carbocycles. The molecule has 5 heteroatoms. The molecule has 24 heavy (non-hydrogen) atoms. The van der Waals surface area contributed by atoms with Crippen LogP contribution < -0.4 is 14.2 Å². The van der Waals surface area contributed by atoms with Crippen molar-refractivity contribution in [3.8, 4) is 17.2 Å². The maximum atomic E-state index is 12.1. The molecule has 2 aromatic carbocycles. The van der Waals surface area contributed by atoms with Gasteiger partial charge < -0.3 is 14.2 Å². The van der Waals surface area contributed by atoms with Gasteiger partial charge in [-0.05, 0) is 43.5 Å². The number of ether oxygens (including phenoxy) is 3. The Morgan fingerprint density at radius 2 is 1.79 bits per heavy atom.